The van der Waals surface area contributed by atoms with Crippen LogP contribution in [0, 0.1) is 0 Å². The molecule has 0 aliphatic carbocycles. The Balaban J connectivity index is 1.78. The quantitative estimate of drug-likeness (QED) is 0.814. The Kier molecular flexibility index (Phi) is 5.07. The van der Waals surface area contributed by atoms with Gasteiger partial charge >= 0.3 is 0 Å². The van der Waals surface area contributed by atoms with E-state index in [4.69, 9.17) is 13.9 Å². The van der Waals surface area contributed by atoms with Crippen molar-refractivity contribution in [1.82, 2.24) is 9.36 Å². The number of aromatic nitrogens is 2. The van der Waals surface area contributed by atoms with Gasteiger partial charge in [-0.25, -0.2) is 4.98 Å². The molecule has 2 aromatic rings. The molecule has 1 atom stereocenters. The molecule has 1 unspecified atom stereocenters. The average molecular weight is 323 g/mol. The minimum absolute atomic E-state index is 0.0669. The summed E-state index contributed by atoms with van der Waals surface area (Å²) in [6.45, 7) is 4.84. The second kappa shape index (κ2) is 7.21. The molecule has 0 bridgehead atoms. The lowest BCUT2D eigenvalue weighted by Gasteiger charge is -2.33. The van der Waals surface area contributed by atoms with Gasteiger partial charge in [-0.05, 0) is 12.1 Å². The van der Waals surface area contributed by atoms with E-state index in [1.54, 1.807) is 7.11 Å². The third-order valence-electron chi connectivity index (χ3n) is 3.72. The summed E-state index contributed by atoms with van der Waals surface area (Å²) in [5, 5.41) is 0.925. The van der Waals surface area contributed by atoms with Gasteiger partial charge in [0.25, 0.3) is 0 Å². The van der Waals surface area contributed by atoms with Gasteiger partial charge in [0, 0.05) is 38.0 Å². The van der Waals surface area contributed by atoms with E-state index < -0.39 is 0 Å². The Labute approximate surface area is 134 Å². The highest BCUT2D eigenvalue weighted by Crippen LogP contribution is 2.32. The van der Waals surface area contributed by atoms with Crippen LogP contribution in [0.25, 0.3) is 0 Å². The topological polar surface area (TPSA) is 60.6 Å². The number of hydrogen-bond acceptors (Lipinski definition) is 7. The minimum atomic E-state index is 0.0669. The van der Waals surface area contributed by atoms with Crippen LogP contribution in [0.4, 0.5) is 5.13 Å². The van der Waals surface area contributed by atoms with Crippen molar-refractivity contribution in [2.75, 3.05) is 38.4 Å². The maximum absolute atomic E-state index is 5.91. The normalized spacial score (nSPS) is 18.8. The lowest BCUT2D eigenvalue weighted by molar-refractivity contribution is 0.0873. The third kappa shape index (κ3) is 3.31. The Morgan fingerprint density at radius 2 is 2.36 bits per heavy atom. The number of hydrogen-bond donors (Lipinski definition) is 0. The van der Waals surface area contributed by atoms with Gasteiger partial charge in [0.05, 0.1) is 19.8 Å². The molecule has 3 heterocycles. The second-order valence-corrected chi connectivity index (χ2v) is 5.91. The zero-order valence-corrected chi connectivity index (χ0v) is 13.8. The fraction of sp³-hybridized carbons (Fsp3) is 0.600. The van der Waals surface area contributed by atoms with Crippen LogP contribution in [0.3, 0.4) is 0 Å². The van der Waals surface area contributed by atoms with Crippen LogP contribution in [0.2, 0.25) is 0 Å². The van der Waals surface area contributed by atoms with Crippen LogP contribution in [0.15, 0.2) is 16.5 Å². The molecule has 0 spiro atoms. The molecule has 3 rings (SSSR count). The summed E-state index contributed by atoms with van der Waals surface area (Å²) in [7, 11) is 1.69. The van der Waals surface area contributed by atoms with Crippen molar-refractivity contribution in [3.63, 3.8) is 0 Å². The largest absolute Gasteiger partial charge is 0.464 e. The molecule has 0 aromatic carbocycles. The van der Waals surface area contributed by atoms with E-state index in [1.165, 1.54) is 11.5 Å². The SMILES string of the molecule is CCc1ccc(C2COCCN2c2nc(CCOC)ns2)o1. The van der Waals surface area contributed by atoms with E-state index >= 15 is 0 Å². The maximum atomic E-state index is 5.91. The smallest absolute Gasteiger partial charge is 0.205 e. The predicted molar refractivity (Wildman–Crippen MR) is 84.5 cm³/mol. The Morgan fingerprint density at radius 1 is 1.45 bits per heavy atom. The minimum Gasteiger partial charge on any atom is -0.464 e. The van der Waals surface area contributed by atoms with Crippen molar-refractivity contribution in [3.8, 4) is 0 Å². The first-order valence-electron chi connectivity index (χ1n) is 7.56. The first-order chi connectivity index (χ1) is 10.8. The Morgan fingerprint density at radius 3 is 3.14 bits per heavy atom. The van der Waals surface area contributed by atoms with Crippen LogP contribution in [0.5, 0.6) is 0 Å². The van der Waals surface area contributed by atoms with Crippen molar-refractivity contribution < 1.29 is 13.9 Å². The van der Waals surface area contributed by atoms with Crippen LogP contribution >= 0.6 is 11.5 Å². The molecule has 6 nitrogen and oxygen atoms in total. The van der Waals surface area contributed by atoms with Crippen LogP contribution in [0.1, 0.15) is 30.3 Å². The summed E-state index contributed by atoms with van der Waals surface area (Å²) in [6, 6.07) is 4.14. The van der Waals surface area contributed by atoms with Crippen molar-refractivity contribution in [2.45, 2.75) is 25.8 Å². The number of methoxy groups -OCH3 is 1. The highest BCUT2D eigenvalue weighted by atomic mass is 32.1. The molecule has 120 valence electrons. The van der Waals surface area contributed by atoms with E-state index in [0.29, 0.717) is 19.8 Å². The molecular weight excluding hydrogens is 302 g/mol. The van der Waals surface area contributed by atoms with E-state index in [2.05, 4.69) is 21.2 Å². The van der Waals surface area contributed by atoms with Crippen molar-refractivity contribution >= 4 is 16.7 Å². The van der Waals surface area contributed by atoms with E-state index in [0.717, 1.165) is 41.9 Å². The second-order valence-electron chi connectivity index (χ2n) is 5.18. The lowest BCUT2D eigenvalue weighted by Crippen LogP contribution is -2.39. The fourth-order valence-electron chi connectivity index (χ4n) is 2.49. The van der Waals surface area contributed by atoms with Gasteiger partial charge < -0.3 is 18.8 Å². The van der Waals surface area contributed by atoms with E-state index in [1.807, 2.05) is 12.1 Å². The summed E-state index contributed by atoms with van der Waals surface area (Å²) in [6.07, 6.45) is 1.64. The van der Waals surface area contributed by atoms with Crippen molar-refractivity contribution in [2.24, 2.45) is 0 Å². The monoisotopic (exact) mass is 323 g/mol. The number of aryl methyl sites for hydroxylation is 1. The molecule has 0 saturated carbocycles. The molecule has 0 N–H and O–H groups in total. The summed E-state index contributed by atoms with van der Waals surface area (Å²) in [5.41, 5.74) is 0. The number of furan rings is 1. The number of anilines is 1. The molecule has 1 aliphatic rings. The average Bonchev–Trinajstić information content (AvgIpc) is 3.22. The summed E-state index contributed by atoms with van der Waals surface area (Å²) in [5.74, 6) is 2.77. The number of morpholine rings is 1. The lowest BCUT2D eigenvalue weighted by atomic mass is 10.2. The van der Waals surface area contributed by atoms with Gasteiger partial charge in [-0.1, -0.05) is 6.92 Å². The molecule has 1 saturated heterocycles. The van der Waals surface area contributed by atoms with Crippen LogP contribution < -0.4 is 4.90 Å². The first kappa shape index (κ1) is 15.5. The van der Waals surface area contributed by atoms with Gasteiger partial charge in [0.15, 0.2) is 0 Å². The van der Waals surface area contributed by atoms with Gasteiger partial charge in [-0.3, -0.25) is 0 Å². The summed E-state index contributed by atoms with van der Waals surface area (Å²) in [4.78, 5) is 6.86. The number of ether oxygens (including phenoxy) is 2. The molecule has 22 heavy (non-hydrogen) atoms. The standard InChI is InChI=1S/C15H21N3O3S/c1-3-11-4-5-13(21-11)12-10-20-9-7-18(12)15-16-14(17-22-15)6-8-19-2/h4-5,12H,3,6-10H2,1-2H3. The fourth-order valence-corrected chi connectivity index (χ4v) is 3.28. The first-order valence-corrected chi connectivity index (χ1v) is 8.33. The molecule has 1 fully saturated rings. The highest BCUT2D eigenvalue weighted by molar-refractivity contribution is 7.09. The molecule has 0 radical (unpaired) electrons. The van der Waals surface area contributed by atoms with Crippen LogP contribution in [-0.4, -0.2) is 42.8 Å². The molecule has 7 heteroatoms. The zero-order valence-electron chi connectivity index (χ0n) is 12.9. The van der Waals surface area contributed by atoms with E-state index in [-0.39, 0.29) is 6.04 Å². The molecule has 1 aliphatic heterocycles. The van der Waals surface area contributed by atoms with Gasteiger partial charge in [0.1, 0.15) is 23.4 Å². The summed E-state index contributed by atoms with van der Waals surface area (Å²) < 4.78 is 21.0. The van der Waals surface area contributed by atoms with Crippen LogP contribution in [-0.2, 0) is 22.3 Å². The predicted octanol–water partition coefficient (Wildman–Crippen LogP) is 2.46. The van der Waals surface area contributed by atoms with Crippen molar-refractivity contribution in [3.05, 3.63) is 29.5 Å². The summed E-state index contributed by atoms with van der Waals surface area (Å²) >= 11 is 1.43. The molecular formula is C15H21N3O3S. The van der Waals surface area contributed by atoms with Crippen molar-refractivity contribution in [1.29, 1.82) is 0 Å². The molecule has 0 amide bonds. The maximum Gasteiger partial charge on any atom is 0.205 e. The van der Waals surface area contributed by atoms with Gasteiger partial charge in [-0.15, -0.1) is 0 Å². The third-order valence-corrected chi connectivity index (χ3v) is 4.51. The molecule has 2 aromatic heterocycles. The zero-order chi connectivity index (χ0) is 15.4. The van der Waals surface area contributed by atoms with Gasteiger partial charge in [-0.2, -0.15) is 4.37 Å². The van der Waals surface area contributed by atoms with Gasteiger partial charge in [0.2, 0.25) is 5.13 Å². The highest BCUT2D eigenvalue weighted by Gasteiger charge is 2.29. The number of nitrogens with zero attached hydrogens (tertiary/aromatic N) is 3. The Bertz CT molecular complexity index is 598. The van der Waals surface area contributed by atoms with E-state index in [9.17, 15) is 0 Å². The Hall–Kier alpha value is -1.44. The number of rotatable bonds is 6.